The molecule has 1 N–H and O–H groups in total. The van der Waals surface area contributed by atoms with E-state index < -0.39 is 0 Å². The molecule has 16 heavy (non-hydrogen) atoms. The monoisotopic (exact) mass is 244 g/mol. The maximum Gasteiger partial charge on any atom is 0.168 e. The van der Waals surface area contributed by atoms with Gasteiger partial charge in [-0.2, -0.15) is 0 Å². The van der Waals surface area contributed by atoms with Crippen LogP contribution in [-0.2, 0) is 4.74 Å². The Morgan fingerprint density at radius 1 is 1.44 bits per heavy atom. The Balaban J connectivity index is 2.21. The first kappa shape index (κ1) is 13.7. The average Bonchev–Trinajstić information content (AvgIpc) is 2.28. The van der Waals surface area contributed by atoms with Gasteiger partial charge in [-0.3, -0.25) is 0 Å². The molecule has 0 aliphatic carbocycles. The number of hydrogen-bond acceptors (Lipinski definition) is 2. The van der Waals surface area contributed by atoms with Crippen molar-refractivity contribution in [2.75, 3.05) is 33.4 Å². The molecule has 1 rings (SSSR count). The molecule has 0 radical (unpaired) electrons. The fourth-order valence-electron chi connectivity index (χ4n) is 1.97. The summed E-state index contributed by atoms with van der Waals surface area (Å²) in [5.41, 5.74) is 0. The Bertz CT molecular complexity index is 223. The average molecular weight is 244 g/mol. The Hall–Kier alpha value is -0.350. The summed E-state index contributed by atoms with van der Waals surface area (Å²) in [6, 6.07) is 0. The number of thiocarbonyl (C=S) groups is 1. The van der Waals surface area contributed by atoms with Gasteiger partial charge in [0, 0.05) is 33.4 Å². The second-order valence-corrected chi connectivity index (χ2v) is 5.15. The van der Waals surface area contributed by atoms with Crippen LogP contribution in [0.1, 0.15) is 26.7 Å². The van der Waals surface area contributed by atoms with Gasteiger partial charge in [0.1, 0.15) is 0 Å². The summed E-state index contributed by atoms with van der Waals surface area (Å²) in [7, 11) is 1.73. The second-order valence-electron chi connectivity index (χ2n) is 4.77. The van der Waals surface area contributed by atoms with Crippen LogP contribution in [0, 0.1) is 11.8 Å². The van der Waals surface area contributed by atoms with Crippen molar-refractivity contribution in [2.45, 2.75) is 26.7 Å². The maximum absolute atomic E-state index is 5.39. The molecule has 94 valence electrons. The molecular formula is C12H24N2OS. The Kier molecular flexibility index (Phi) is 6.06. The molecule has 1 heterocycles. The lowest BCUT2D eigenvalue weighted by atomic mass is 9.89. The van der Waals surface area contributed by atoms with E-state index in [2.05, 4.69) is 24.1 Å². The highest BCUT2D eigenvalue weighted by Gasteiger charge is 2.23. The molecule has 1 fully saturated rings. The summed E-state index contributed by atoms with van der Waals surface area (Å²) in [5.74, 6) is 1.57. The number of nitrogens with zero attached hydrogens (tertiary/aromatic N) is 1. The van der Waals surface area contributed by atoms with Crippen LogP contribution in [0.3, 0.4) is 0 Å². The van der Waals surface area contributed by atoms with Crippen molar-refractivity contribution < 1.29 is 4.74 Å². The molecule has 3 nitrogen and oxygen atoms in total. The van der Waals surface area contributed by atoms with Crippen molar-refractivity contribution in [3.8, 4) is 0 Å². The van der Waals surface area contributed by atoms with Crippen molar-refractivity contribution in [1.29, 1.82) is 0 Å². The van der Waals surface area contributed by atoms with Crippen molar-refractivity contribution in [3.63, 3.8) is 0 Å². The number of hydrogen-bond donors (Lipinski definition) is 1. The number of rotatable bonds is 4. The zero-order chi connectivity index (χ0) is 12.0. The number of likely N-dealkylation sites (tertiary alicyclic amines) is 1. The highest BCUT2D eigenvalue weighted by molar-refractivity contribution is 7.80. The maximum atomic E-state index is 5.39. The minimum absolute atomic E-state index is 0.743. The largest absolute Gasteiger partial charge is 0.385 e. The molecule has 1 aliphatic rings. The van der Waals surface area contributed by atoms with Crippen LogP contribution in [0.2, 0.25) is 0 Å². The summed E-state index contributed by atoms with van der Waals surface area (Å²) >= 11 is 5.39. The minimum atomic E-state index is 0.743. The number of piperidine rings is 1. The van der Waals surface area contributed by atoms with Crippen LogP contribution < -0.4 is 5.32 Å². The van der Waals surface area contributed by atoms with E-state index in [1.54, 1.807) is 7.11 Å². The Labute approximate surface area is 105 Å². The molecule has 0 aromatic heterocycles. The van der Waals surface area contributed by atoms with E-state index in [1.807, 2.05) is 0 Å². The van der Waals surface area contributed by atoms with E-state index in [0.29, 0.717) is 0 Å². The number of nitrogens with one attached hydrogen (secondary N) is 1. The lowest BCUT2D eigenvalue weighted by Gasteiger charge is -2.36. The molecule has 4 heteroatoms. The Morgan fingerprint density at radius 2 is 2.19 bits per heavy atom. The number of methoxy groups -OCH3 is 1. The first-order valence-corrected chi connectivity index (χ1v) is 6.57. The summed E-state index contributed by atoms with van der Waals surface area (Å²) < 4.78 is 5.00. The minimum Gasteiger partial charge on any atom is -0.385 e. The summed E-state index contributed by atoms with van der Waals surface area (Å²) in [6.07, 6.45) is 2.26. The van der Waals surface area contributed by atoms with Crippen LogP contribution in [-0.4, -0.2) is 43.4 Å². The van der Waals surface area contributed by atoms with Crippen LogP contribution >= 0.6 is 12.2 Å². The van der Waals surface area contributed by atoms with Gasteiger partial charge in [0.2, 0.25) is 0 Å². The lowest BCUT2D eigenvalue weighted by molar-refractivity contribution is 0.192. The molecular weight excluding hydrogens is 220 g/mol. The smallest absolute Gasteiger partial charge is 0.168 e. The summed E-state index contributed by atoms with van der Waals surface area (Å²) in [4.78, 5) is 2.30. The van der Waals surface area contributed by atoms with E-state index >= 15 is 0 Å². The molecule has 0 saturated carbocycles. The molecule has 1 aliphatic heterocycles. The molecule has 1 saturated heterocycles. The third-order valence-corrected chi connectivity index (χ3v) is 3.83. The van der Waals surface area contributed by atoms with Gasteiger partial charge in [0.05, 0.1) is 0 Å². The van der Waals surface area contributed by atoms with E-state index in [4.69, 9.17) is 17.0 Å². The van der Waals surface area contributed by atoms with Crippen LogP contribution in [0.4, 0.5) is 0 Å². The van der Waals surface area contributed by atoms with Crippen molar-refractivity contribution in [2.24, 2.45) is 11.8 Å². The van der Waals surface area contributed by atoms with Gasteiger partial charge in [-0.15, -0.1) is 0 Å². The van der Waals surface area contributed by atoms with Gasteiger partial charge >= 0.3 is 0 Å². The van der Waals surface area contributed by atoms with Crippen molar-refractivity contribution in [1.82, 2.24) is 10.2 Å². The standard InChI is InChI=1S/C12H24N2OS/c1-10-5-7-14(9-11(10)2)12(16)13-6-4-8-15-3/h10-11H,4-9H2,1-3H3,(H,13,16). The van der Waals surface area contributed by atoms with Gasteiger partial charge in [0.25, 0.3) is 0 Å². The third kappa shape index (κ3) is 4.26. The van der Waals surface area contributed by atoms with Gasteiger partial charge in [0.15, 0.2) is 5.11 Å². The quantitative estimate of drug-likeness (QED) is 0.603. The lowest BCUT2D eigenvalue weighted by Crippen LogP contribution is -2.47. The summed E-state index contributed by atoms with van der Waals surface area (Å²) in [6.45, 7) is 8.54. The van der Waals surface area contributed by atoms with Gasteiger partial charge in [-0.25, -0.2) is 0 Å². The topological polar surface area (TPSA) is 24.5 Å². The molecule has 0 spiro atoms. The van der Waals surface area contributed by atoms with Gasteiger partial charge < -0.3 is 15.0 Å². The highest BCUT2D eigenvalue weighted by Crippen LogP contribution is 2.22. The van der Waals surface area contributed by atoms with Crippen LogP contribution in [0.25, 0.3) is 0 Å². The van der Waals surface area contributed by atoms with Gasteiger partial charge in [-0.05, 0) is 36.9 Å². The predicted octanol–water partition coefficient (Wildman–Crippen LogP) is 1.88. The van der Waals surface area contributed by atoms with Crippen LogP contribution in [0.5, 0.6) is 0 Å². The fraction of sp³-hybridized carbons (Fsp3) is 0.917. The molecule has 0 aromatic carbocycles. The highest BCUT2D eigenvalue weighted by atomic mass is 32.1. The zero-order valence-electron chi connectivity index (χ0n) is 10.7. The SMILES string of the molecule is COCCCNC(=S)N1CCC(C)C(C)C1. The van der Waals surface area contributed by atoms with Gasteiger partial charge in [-0.1, -0.05) is 13.8 Å². The van der Waals surface area contributed by atoms with Crippen molar-refractivity contribution in [3.05, 3.63) is 0 Å². The molecule has 0 amide bonds. The molecule has 0 aromatic rings. The Morgan fingerprint density at radius 3 is 2.81 bits per heavy atom. The summed E-state index contributed by atoms with van der Waals surface area (Å²) in [5, 5.41) is 4.21. The second kappa shape index (κ2) is 7.07. The van der Waals surface area contributed by atoms with E-state index in [-0.39, 0.29) is 0 Å². The zero-order valence-corrected chi connectivity index (χ0v) is 11.5. The first-order valence-electron chi connectivity index (χ1n) is 6.17. The van der Waals surface area contributed by atoms with E-state index in [0.717, 1.165) is 49.6 Å². The van der Waals surface area contributed by atoms with Crippen molar-refractivity contribution >= 4 is 17.3 Å². The fourth-order valence-corrected chi connectivity index (χ4v) is 2.24. The molecule has 2 atom stereocenters. The number of ether oxygens (including phenoxy) is 1. The first-order chi connectivity index (χ1) is 7.65. The third-order valence-electron chi connectivity index (χ3n) is 3.42. The molecule has 2 unspecified atom stereocenters. The van der Waals surface area contributed by atoms with Crippen LogP contribution in [0.15, 0.2) is 0 Å². The normalized spacial score (nSPS) is 25.6. The van der Waals surface area contributed by atoms with E-state index in [1.165, 1.54) is 6.42 Å². The predicted molar refractivity (Wildman–Crippen MR) is 71.6 cm³/mol. The van der Waals surface area contributed by atoms with E-state index in [9.17, 15) is 0 Å². The molecule has 0 bridgehead atoms.